The van der Waals surface area contributed by atoms with Gasteiger partial charge in [-0.25, -0.2) is 14.2 Å². The summed E-state index contributed by atoms with van der Waals surface area (Å²) < 4.78 is 20.7. The first-order valence-electron chi connectivity index (χ1n) is 16.4. The molecule has 2 amide bonds. The van der Waals surface area contributed by atoms with Gasteiger partial charge in [0.2, 0.25) is 0 Å². The number of anilines is 2. The van der Waals surface area contributed by atoms with Crippen LogP contribution in [0.3, 0.4) is 0 Å². The summed E-state index contributed by atoms with van der Waals surface area (Å²) in [5.74, 6) is -0.296. The predicted molar refractivity (Wildman–Crippen MR) is 180 cm³/mol. The van der Waals surface area contributed by atoms with Crippen LogP contribution in [0.25, 0.3) is 11.1 Å². The molecule has 12 heteroatoms. The molecular weight excluding hydrogens is 603 g/mol. The zero-order valence-electron chi connectivity index (χ0n) is 27.9. The van der Waals surface area contributed by atoms with E-state index in [1.807, 2.05) is 39.0 Å². The van der Waals surface area contributed by atoms with E-state index in [-0.39, 0.29) is 35.7 Å². The molecule has 0 spiro atoms. The molecule has 0 radical (unpaired) electrons. The number of hydrogen-bond donors (Lipinski definition) is 3. The van der Waals surface area contributed by atoms with Crippen LogP contribution in [0.15, 0.2) is 35.3 Å². The van der Waals surface area contributed by atoms with Gasteiger partial charge in [-0.2, -0.15) is 0 Å². The molecule has 1 aromatic carbocycles. The Morgan fingerprint density at radius 2 is 1.83 bits per heavy atom. The molecule has 5 rings (SSSR count). The average Bonchev–Trinajstić information content (AvgIpc) is 3.07. The molecule has 252 valence electrons. The Labute approximate surface area is 274 Å². The maximum absolute atomic E-state index is 15.1. The van der Waals surface area contributed by atoms with Crippen LogP contribution >= 0.6 is 0 Å². The maximum Gasteiger partial charge on any atom is 0.407 e. The lowest BCUT2D eigenvalue weighted by atomic mass is 9.95. The van der Waals surface area contributed by atoms with Gasteiger partial charge < -0.3 is 34.8 Å². The van der Waals surface area contributed by atoms with Crippen molar-refractivity contribution >= 4 is 23.5 Å². The Bertz CT molecular complexity index is 1660. The van der Waals surface area contributed by atoms with Crippen molar-refractivity contribution in [3.63, 3.8) is 0 Å². The molecule has 2 fully saturated rings. The van der Waals surface area contributed by atoms with Crippen LogP contribution in [-0.4, -0.2) is 84.0 Å². The summed E-state index contributed by atoms with van der Waals surface area (Å²) in [5.41, 5.74) is 4.16. The van der Waals surface area contributed by atoms with E-state index in [2.05, 4.69) is 33.1 Å². The molecule has 0 unspecified atom stereocenters. The summed E-state index contributed by atoms with van der Waals surface area (Å²) in [5, 5.41) is 12.2. The predicted octanol–water partition coefficient (Wildman–Crippen LogP) is 5.05. The standard InChI is InChI=1S/C35H45FN6O5/c1-6-42(26-9-15-47-16-10-26)29-18-25(24-7-8-30(37-19-24)40-11-13-41(14-12-40)35(45)46)17-27(22(29)4)33(43)38-20-28-31(21(2)3)32(36)23(5)39-34(28)44/h7-8,17-19,21,26H,6,9-16,20H2,1-5H3,(H,38,43)(H,39,44)(H,45,46). The lowest BCUT2D eigenvalue weighted by molar-refractivity contribution is 0.0846. The SMILES string of the molecule is CCN(c1cc(-c2ccc(N3CCN(C(=O)O)CC3)nc2)cc(C(=O)NCc2c(C(C)C)c(F)c(C)[nH]c2=O)c1C)C1CCOCC1. The number of aryl methyl sites for hydroxylation is 1. The molecule has 3 N–H and O–H groups in total. The number of amides is 2. The van der Waals surface area contributed by atoms with Crippen LogP contribution in [0.1, 0.15) is 72.3 Å². The molecule has 2 aromatic heterocycles. The van der Waals surface area contributed by atoms with E-state index in [1.54, 1.807) is 6.20 Å². The number of nitrogens with one attached hydrogen (secondary N) is 2. The van der Waals surface area contributed by atoms with E-state index >= 15 is 4.39 Å². The number of nitrogens with zero attached hydrogens (tertiary/aromatic N) is 4. The largest absolute Gasteiger partial charge is 0.465 e. The van der Waals surface area contributed by atoms with Crippen molar-refractivity contribution in [2.45, 2.75) is 66.0 Å². The molecule has 0 aliphatic carbocycles. The van der Waals surface area contributed by atoms with Crippen molar-refractivity contribution in [3.05, 3.63) is 74.6 Å². The second-order valence-corrected chi connectivity index (χ2v) is 12.6. The van der Waals surface area contributed by atoms with Gasteiger partial charge in [-0.3, -0.25) is 9.59 Å². The summed E-state index contributed by atoms with van der Waals surface area (Å²) in [4.78, 5) is 51.2. The number of carbonyl (C=O) groups excluding carboxylic acids is 1. The quantitative estimate of drug-likeness (QED) is 0.294. The first-order chi connectivity index (χ1) is 22.5. The molecule has 0 saturated carbocycles. The average molecular weight is 649 g/mol. The molecule has 0 bridgehead atoms. The summed E-state index contributed by atoms with van der Waals surface area (Å²) in [7, 11) is 0. The van der Waals surface area contributed by atoms with E-state index in [0.717, 1.165) is 47.6 Å². The van der Waals surface area contributed by atoms with Crippen molar-refractivity contribution in [2.24, 2.45) is 0 Å². The summed E-state index contributed by atoms with van der Waals surface area (Å²) in [6, 6.07) is 8.09. The van der Waals surface area contributed by atoms with Gasteiger partial charge in [0.15, 0.2) is 0 Å². The summed E-state index contributed by atoms with van der Waals surface area (Å²) in [6.45, 7) is 13.2. The lowest BCUT2D eigenvalue weighted by Crippen LogP contribution is -2.48. The number of aromatic amines is 1. The number of carboxylic acid groups (broad SMARTS) is 1. The van der Waals surface area contributed by atoms with Crippen LogP contribution in [-0.2, 0) is 11.3 Å². The van der Waals surface area contributed by atoms with E-state index in [9.17, 15) is 19.5 Å². The highest BCUT2D eigenvalue weighted by Gasteiger charge is 2.26. The van der Waals surface area contributed by atoms with Gasteiger partial charge in [0.25, 0.3) is 11.5 Å². The summed E-state index contributed by atoms with van der Waals surface area (Å²) in [6.07, 6.45) is 2.63. The molecular formula is C35H45FN6O5. The van der Waals surface area contributed by atoms with Crippen LogP contribution in [0, 0.1) is 19.7 Å². The zero-order valence-corrected chi connectivity index (χ0v) is 27.9. The number of halogens is 1. The number of H-pyrrole nitrogens is 1. The number of carbonyl (C=O) groups is 2. The molecule has 2 aliphatic rings. The monoisotopic (exact) mass is 648 g/mol. The fraction of sp³-hybridized carbons (Fsp3) is 0.486. The van der Waals surface area contributed by atoms with Gasteiger partial charge in [-0.05, 0) is 74.9 Å². The molecule has 2 aliphatic heterocycles. The molecule has 2 saturated heterocycles. The Hall–Kier alpha value is -4.45. The minimum Gasteiger partial charge on any atom is -0.465 e. The van der Waals surface area contributed by atoms with Crippen molar-refractivity contribution in [3.8, 4) is 11.1 Å². The second kappa shape index (κ2) is 14.5. The third-order valence-electron chi connectivity index (χ3n) is 9.33. The van der Waals surface area contributed by atoms with E-state index in [0.29, 0.717) is 50.5 Å². The number of piperazine rings is 1. The lowest BCUT2D eigenvalue weighted by Gasteiger charge is -2.37. The van der Waals surface area contributed by atoms with Crippen molar-refractivity contribution < 1.29 is 23.8 Å². The third kappa shape index (κ3) is 7.27. The highest BCUT2D eigenvalue weighted by Crippen LogP contribution is 2.34. The molecule has 0 atom stereocenters. The summed E-state index contributed by atoms with van der Waals surface area (Å²) >= 11 is 0. The Morgan fingerprint density at radius 1 is 1.13 bits per heavy atom. The highest BCUT2D eigenvalue weighted by molar-refractivity contribution is 5.99. The third-order valence-corrected chi connectivity index (χ3v) is 9.33. The van der Waals surface area contributed by atoms with Gasteiger partial charge >= 0.3 is 6.09 Å². The Morgan fingerprint density at radius 3 is 2.43 bits per heavy atom. The Balaban J connectivity index is 1.48. The number of hydrogen-bond acceptors (Lipinski definition) is 7. The minimum absolute atomic E-state index is 0.110. The number of rotatable bonds is 9. The van der Waals surface area contributed by atoms with Gasteiger partial charge in [0.05, 0.1) is 5.69 Å². The first kappa shape index (κ1) is 33.9. The van der Waals surface area contributed by atoms with Crippen LogP contribution < -0.4 is 20.7 Å². The van der Waals surface area contributed by atoms with Crippen molar-refractivity contribution in [2.75, 3.05) is 55.7 Å². The zero-order chi connectivity index (χ0) is 33.8. The van der Waals surface area contributed by atoms with Gasteiger partial charge in [-0.15, -0.1) is 0 Å². The number of ether oxygens (including phenoxy) is 1. The fourth-order valence-corrected chi connectivity index (χ4v) is 6.69. The number of pyridine rings is 2. The van der Waals surface area contributed by atoms with Crippen LogP contribution in [0.5, 0.6) is 0 Å². The van der Waals surface area contributed by atoms with Crippen molar-refractivity contribution in [1.82, 2.24) is 20.2 Å². The number of benzene rings is 1. The van der Waals surface area contributed by atoms with Gasteiger partial charge in [0, 0.05) is 92.7 Å². The van der Waals surface area contributed by atoms with Crippen LogP contribution in [0.2, 0.25) is 0 Å². The van der Waals surface area contributed by atoms with Crippen molar-refractivity contribution in [1.29, 1.82) is 0 Å². The van der Waals surface area contributed by atoms with Crippen LogP contribution in [0.4, 0.5) is 20.7 Å². The van der Waals surface area contributed by atoms with E-state index < -0.39 is 17.5 Å². The second-order valence-electron chi connectivity index (χ2n) is 12.6. The minimum atomic E-state index is -0.914. The molecule has 11 nitrogen and oxygen atoms in total. The highest BCUT2D eigenvalue weighted by atomic mass is 19.1. The Kier molecular flexibility index (Phi) is 10.5. The van der Waals surface area contributed by atoms with E-state index in [4.69, 9.17) is 9.72 Å². The van der Waals surface area contributed by atoms with E-state index in [1.165, 1.54) is 11.8 Å². The smallest absolute Gasteiger partial charge is 0.407 e. The molecule has 4 heterocycles. The topological polar surface area (TPSA) is 131 Å². The number of aromatic nitrogens is 2. The maximum atomic E-state index is 15.1. The molecule has 3 aromatic rings. The normalized spacial score (nSPS) is 15.6. The fourth-order valence-electron chi connectivity index (χ4n) is 6.69. The van der Waals surface area contributed by atoms with Gasteiger partial charge in [0.1, 0.15) is 11.6 Å². The molecule has 47 heavy (non-hydrogen) atoms. The van der Waals surface area contributed by atoms with Gasteiger partial charge in [-0.1, -0.05) is 13.8 Å². The first-order valence-corrected chi connectivity index (χ1v) is 16.4.